The molecule has 0 fully saturated rings. The van der Waals surface area contributed by atoms with Crippen LogP contribution in [0.4, 0.5) is 0 Å². The van der Waals surface area contributed by atoms with E-state index in [4.69, 9.17) is 4.74 Å². The van der Waals surface area contributed by atoms with Crippen LogP contribution >= 0.6 is 11.3 Å². The molecule has 0 spiro atoms. The minimum atomic E-state index is -0.348. The van der Waals surface area contributed by atoms with Crippen molar-refractivity contribution in [2.45, 2.75) is 26.4 Å². The number of Topliss-reactive ketones (excluding diaryl/α,β-unsaturated/α-hetero) is 1. The fourth-order valence-electron chi connectivity index (χ4n) is 2.36. The van der Waals surface area contributed by atoms with Crippen LogP contribution in [0.2, 0.25) is 0 Å². The number of fused-ring (bicyclic) bond motifs is 1. The Kier molecular flexibility index (Phi) is 2.71. The van der Waals surface area contributed by atoms with Gasteiger partial charge in [-0.3, -0.25) is 4.79 Å². The normalized spacial score (nSPS) is 17.3. The van der Waals surface area contributed by atoms with Crippen LogP contribution in [-0.4, -0.2) is 11.9 Å². The molecule has 1 aliphatic heterocycles. The van der Waals surface area contributed by atoms with Crippen molar-refractivity contribution in [2.24, 2.45) is 0 Å². The summed E-state index contributed by atoms with van der Waals surface area (Å²) in [6.07, 6.45) is 0.338. The highest BCUT2D eigenvalue weighted by atomic mass is 32.1. The second-order valence-electron chi connectivity index (χ2n) is 4.65. The van der Waals surface area contributed by atoms with Gasteiger partial charge in [0, 0.05) is 11.3 Å². The predicted octanol–water partition coefficient (Wildman–Crippen LogP) is 3.55. The number of aryl methyl sites for hydroxylation is 2. The number of hydrogen-bond donors (Lipinski definition) is 0. The van der Waals surface area contributed by atoms with E-state index in [1.54, 1.807) is 11.3 Å². The first kappa shape index (κ1) is 11.5. The molecule has 2 nitrogen and oxygen atoms in total. The van der Waals surface area contributed by atoms with Gasteiger partial charge in [0.2, 0.25) is 5.78 Å². The molecule has 2 aromatic rings. The zero-order valence-corrected chi connectivity index (χ0v) is 11.2. The van der Waals surface area contributed by atoms with Gasteiger partial charge in [0.05, 0.1) is 4.88 Å². The van der Waals surface area contributed by atoms with Crippen molar-refractivity contribution >= 4 is 17.1 Å². The quantitative estimate of drug-likeness (QED) is 0.770. The Balaban J connectivity index is 1.87. The number of para-hydroxylation sites is 1. The molecule has 0 aliphatic carbocycles. The van der Waals surface area contributed by atoms with Gasteiger partial charge in [-0.15, -0.1) is 11.3 Å². The fraction of sp³-hybridized carbons (Fsp3) is 0.267. The van der Waals surface area contributed by atoms with E-state index in [0.717, 1.165) is 21.8 Å². The molecular formula is C15H14O2S. The minimum Gasteiger partial charge on any atom is -0.482 e. The summed E-state index contributed by atoms with van der Waals surface area (Å²) in [7, 11) is 0. The molecule has 1 atom stereocenters. The maximum absolute atomic E-state index is 12.4. The SMILES string of the molecule is Cc1cc(C)c(C(=O)C2Cc3ccccc3O2)s1. The second kappa shape index (κ2) is 4.25. The first-order valence-electron chi connectivity index (χ1n) is 6.01. The summed E-state index contributed by atoms with van der Waals surface area (Å²) >= 11 is 1.56. The van der Waals surface area contributed by atoms with Crippen molar-refractivity contribution in [1.29, 1.82) is 0 Å². The Hall–Kier alpha value is -1.61. The molecule has 18 heavy (non-hydrogen) atoms. The highest BCUT2D eigenvalue weighted by Crippen LogP contribution is 2.31. The minimum absolute atomic E-state index is 0.113. The van der Waals surface area contributed by atoms with Crippen molar-refractivity contribution in [3.8, 4) is 5.75 Å². The number of carbonyl (C=O) groups excluding carboxylic acids is 1. The van der Waals surface area contributed by atoms with Crippen LogP contribution in [0.5, 0.6) is 5.75 Å². The number of ketones is 1. The molecule has 0 saturated heterocycles. The number of carbonyl (C=O) groups is 1. The molecule has 1 aromatic carbocycles. The molecule has 0 saturated carbocycles. The Labute approximate surface area is 110 Å². The fourth-order valence-corrected chi connectivity index (χ4v) is 3.37. The Bertz CT molecular complexity index is 588. The number of ether oxygens (including phenoxy) is 1. The molecule has 2 heterocycles. The van der Waals surface area contributed by atoms with Crippen LogP contribution in [0.25, 0.3) is 0 Å². The maximum atomic E-state index is 12.4. The number of hydrogen-bond acceptors (Lipinski definition) is 3. The summed E-state index contributed by atoms with van der Waals surface area (Å²) in [5, 5.41) is 0. The van der Waals surface area contributed by atoms with E-state index in [0.29, 0.717) is 6.42 Å². The average Bonchev–Trinajstić information content (AvgIpc) is 2.91. The van der Waals surface area contributed by atoms with Gasteiger partial charge in [0.25, 0.3) is 0 Å². The number of rotatable bonds is 2. The first-order valence-corrected chi connectivity index (χ1v) is 6.82. The monoisotopic (exact) mass is 258 g/mol. The van der Waals surface area contributed by atoms with E-state index in [-0.39, 0.29) is 11.9 Å². The summed E-state index contributed by atoms with van der Waals surface area (Å²) in [6, 6.07) is 9.92. The third-order valence-electron chi connectivity index (χ3n) is 3.20. The first-order chi connectivity index (χ1) is 8.65. The largest absolute Gasteiger partial charge is 0.482 e. The lowest BCUT2D eigenvalue weighted by Gasteiger charge is -2.08. The summed E-state index contributed by atoms with van der Waals surface area (Å²) < 4.78 is 5.74. The zero-order valence-electron chi connectivity index (χ0n) is 10.4. The van der Waals surface area contributed by atoms with E-state index < -0.39 is 0 Å². The molecule has 1 unspecified atom stereocenters. The maximum Gasteiger partial charge on any atom is 0.213 e. The van der Waals surface area contributed by atoms with Gasteiger partial charge in [-0.25, -0.2) is 0 Å². The number of benzene rings is 1. The molecule has 1 aromatic heterocycles. The van der Waals surface area contributed by atoms with Gasteiger partial charge in [-0.2, -0.15) is 0 Å². The van der Waals surface area contributed by atoms with Gasteiger partial charge in [0.15, 0.2) is 6.10 Å². The zero-order chi connectivity index (χ0) is 12.7. The van der Waals surface area contributed by atoms with Crippen molar-refractivity contribution < 1.29 is 9.53 Å². The topological polar surface area (TPSA) is 26.3 Å². The molecular weight excluding hydrogens is 244 g/mol. The van der Waals surface area contributed by atoms with Crippen molar-refractivity contribution in [3.05, 3.63) is 51.2 Å². The summed E-state index contributed by atoms with van der Waals surface area (Å²) in [5.74, 6) is 0.962. The van der Waals surface area contributed by atoms with Crippen LogP contribution in [-0.2, 0) is 6.42 Å². The standard InChI is InChI=1S/C15H14O2S/c1-9-7-10(2)18-15(9)14(16)13-8-11-5-3-4-6-12(11)17-13/h3-7,13H,8H2,1-2H3. The molecule has 0 bridgehead atoms. The Morgan fingerprint density at radius 3 is 2.78 bits per heavy atom. The molecule has 0 N–H and O–H groups in total. The molecule has 92 valence electrons. The summed E-state index contributed by atoms with van der Waals surface area (Å²) in [5.41, 5.74) is 2.18. The summed E-state index contributed by atoms with van der Waals surface area (Å²) in [4.78, 5) is 14.4. The van der Waals surface area contributed by atoms with Crippen molar-refractivity contribution in [1.82, 2.24) is 0 Å². The molecule has 0 amide bonds. The third-order valence-corrected chi connectivity index (χ3v) is 4.37. The van der Waals surface area contributed by atoms with E-state index in [9.17, 15) is 4.79 Å². The van der Waals surface area contributed by atoms with Gasteiger partial charge in [-0.1, -0.05) is 18.2 Å². The van der Waals surface area contributed by atoms with Gasteiger partial charge < -0.3 is 4.74 Å². The second-order valence-corrected chi connectivity index (χ2v) is 5.91. The third kappa shape index (κ3) is 1.85. The highest BCUT2D eigenvalue weighted by molar-refractivity contribution is 7.14. The number of thiophene rings is 1. The van der Waals surface area contributed by atoms with Crippen LogP contribution in [0.15, 0.2) is 30.3 Å². The van der Waals surface area contributed by atoms with Gasteiger partial charge >= 0.3 is 0 Å². The van der Waals surface area contributed by atoms with Crippen LogP contribution in [0, 0.1) is 13.8 Å². The van der Waals surface area contributed by atoms with E-state index in [1.807, 2.05) is 38.1 Å². The van der Waals surface area contributed by atoms with E-state index in [2.05, 4.69) is 6.07 Å². The smallest absolute Gasteiger partial charge is 0.213 e. The lowest BCUT2D eigenvalue weighted by molar-refractivity contribution is 0.0828. The van der Waals surface area contributed by atoms with Crippen LogP contribution < -0.4 is 4.74 Å². The van der Waals surface area contributed by atoms with E-state index >= 15 is 0 Å². The molecule has 3 rings (SSSR count). The van der Waals surface area contributed by atoms with Crippen molar-refractivity contribution in [2.75, 3.05) is 0 Å². The Morgan fingerprint density at radius 2 is 2.11 bits per heavy atom. The average molecular weight is 258 g/mol. The van der Waals surface area contributed by atoms with Gasteiger partial charge in [0.1, 0.15) is 5.75 Å². The lowest BCUT2D eigenvalue weighted by atomic mass is 10.1. The summed E-state index contributed by atoms with van der Waals surface area (Å²) in [6.45, 7) is 4.01. The van der Waals surface area contributed by atoms with Crippen LogP contribution in [0.3, 0.4) is 0 Å². The Morgan fingerprint density at radius 1 is 1.33 bits per heavy atom. The van der Waals surface area contributed by atoms with Crippen LogP contribution in [0.1, 0.15) is 25.7 Å². The van der Waals surface area contributed by atoms with Crippen molar-refractivity contribution in [3.63, 3.8) is 0 Å². The highest BCUT2D eigenvalue weighted by Gasteiger charge is 2.31. The van der Waals surface area contributed by atoms with E-state index in [1.165, 1.54) is 4.88 Å². The lowest BCUT2D eigenvalue weighted by Crippen LogP contribution is -2.25. The molecule has 1 aliphatic rings. The molecule has 3 heteroatoms. The molecule has 0 radical (unpaired) electrons. The predicted molar refractivity (Wildman–Crippen MR) is 72.7 cm³/mol. The van der Waals surface area contributed by atoms with Gasteiger partial charge in [-0.05, 0) is 37.1 Å².